The van der Waals surface area contributed by atoms with Crippen molar-refractivity contribution in [3.05, 3.63) is 35.4 Å². The van der Waals surface area contributed by atoms with Gasteiger partial charge >= 0.3 is 0 Å². The maximum Gasteiger partial charge on any atom is 0.254 e. The number of halogens is 1. The minimum Gasteiger partial charge on any atom is -0.347 e. The van der Waals surface area contributed by atoms with Crippen LogP contribution in [0.25, 0.3) is 0 Å². The Hall–Kier alpha value is -2.15. The van der Waals surface area contributed by atoms with E-state index in [0.717, 1.165) is 19.4 Å². The van der Waals surface area contributed by atoms with Crippen LogP contribution in [-0.2, 0) is 7.05 Å². The molecule has 116 valence electrons. The predicted molar refractivity (Wildman–Crippen MR) is 83.0 cm³/mol. The van der Waals surface area contributed by atoms with Crippen LogP contribution in [-0.4, -0.2) is 44.8 Å². The summed E-state index contributed by atoms with van der Waals surface area (Å²) in [6.07, 6.45) is 8.36. The van der Waals surface area contributed by atoms with Crippen molar-refractivity contribution in [1.29, 1.82) is 0 Å². The van der Waals surface area contributed by atoms with Crippen LogP contribution in [0.2, 0.25) is 5.02 Å². The van der Waals surface area contributed by atoms with E-state index in [4.69, 9.17) is 11.6 Å². The lowest BCUT2D eigenvalue weighted by molar-refractivity contribution is 0.0933. The zero-order valence-corrected chi connectivity index (χ0v) is 13.0. The molecule has 2 aromatic heterocycles. The van der Waals surface area contributed by atoms with Gasteiger partial charge in [0.05, 0.1) is 29.2 Å². The van der Waals surface area contributed by atoms with Crippen LogP contribution in [0.4, 0.5) is 5.95 Å². The predicted octanol–water partition coefficient (Wildman–Crippen LogP) is 1.26. The number of amides is 1. The first kappa shape index (κ1) is 14.8. The maximum absolute atomic E-state index is 12.2. The van der Waals surface area contributed by atoms with Crippen LogP contribution in [0.5, 0.6) is 0 Å². The molecule has 0 radical (unpaired) electrons. The fraction of sp³-hybridized carbons (Fsp3) is 0.429. The van der Waals surface area contributed by atoms with Crippen LogP contribution in [0.3, 0.4) is 0 Å². The molecule has 0 bridgehead atoms. The minimum atomic E-state index is -0.100. The number of nitrogens with one attached hydrogen (secondary N) is 1. The van der Waals surface area contributed by atoms with Gasteiger partial charge in [0, 0.05) is 32.4 Å². The standard InChI is InChI=1S/C14H17ClN6O/c1-20-8-10(5-18-20)13(22)19-12-3-2-4-21(9-12)14-16-6-11(15)7-17-14/h5-8,12H,2-4,9H2,1H3,(H,19,22). The normalized spacial score (nSPS) is 18.3. The quantitative estimate of drug-likeness (QED) is 0.921. The maximum atomic E-state index is 12.2. The molecule has 1 fully saturated rings. The average molecular weight is 321 g/mol. The molecule has 0 aromatic carbocycles. The van der Waals surface area contributed by atoms with E-state index >= 15 is 0 Å². The van der Waals surface area contributed by atoms with Crippen molar-refractivity contribution in [2.75, 3.05) is 18.0 Å². The number of nitrogens with zero attached hydrogens (tertiary/aromatic N) is 5. The van der Waals surface area contributed by atoms with Crippen LogP contribution in [0.1, 0.15) is 23.2 Å². The summed E-state index contributed by atoms with van der Waals surface area (Å²) in [5.74, 6) is 0.543. The van der Waals surface area contributed by atoms with Gasteiger partial charge in [-0.15, -0.1) is 0 Å². The zero-order chi connectivity index (χ0) is 15.5. The summed E-state index contributed by atoms with van der Waals surface area (Å²) in [6.45, 7) is 1.56. The van der Waals surface area contributed by atoms with Gasteiger partial charge in [0.15, 0.2) is 0 Å². The molecule has 1 N–H and O–H groups in total. The highest BCUT2D eigenvalue weighted by atomic mass is 35.5. The first-order chi connectivity index (χ1) is 10.6. The van der Waals surface area contributed by atoms with Crippen LogP contribution < -0.4 is 10.2 Å². The van der Waals surface area contributed by atoms with Gasteiger partial charge in [0.2, 0.25) is 5.95 Å². The van der Waals surface area contributed by atoms with Crippen molar-refractivity contribution < 1.29 is 4.79 Å². The molecule has 0 saturated carbocycles. The lowest BCUT2D eigenvalue weighted by Gasteiger charge is -2.33. The molecular weight excluding hydrogens is 304 g/mol. The van der Waals surface area contributed by atoms with Crippen molar-refractivity contribution in [2.45, 2.75) is 18.9 Å². The molecule has 1 atom stereocenters. The van der Waals surface area contributed by atoms with E-state index in [0.29, 0.717) is 23.1 Å². The Morgan fingerprint density at radius 1 is 1.36 bits per heavy atom. The molecule has 0 aliphatic carbocycles. The van der Waals surface area contributed by atoms with Gasteiger partial charge in [-0.25, -0.2) is 9.97 Å². The second kappa shape index (κ2) is 6.31. The van der Waals surface area contributed by atoms with Crippen molar-refractivity contribution in [1.82, 2.24) is 25.1 Å². The second-order valence-electron chi connectivity index (χ2n) is 5.36. The van der Waals surface area contributed by atoms with Gasteiger partial charge < -0.3 is 10.2 Å². The lowest BCUT2D eigenvalue weighted by atomic mass is 10.1. The topological polar surface area (TPSA) is 75.9 Å². The van der Waals surface area contributed by atoms with Crippen molar-refractivity contribution >= 4 is 23.5 Å². The summed E-state index contributed by atoms with van der Waals surface area (Å²) in [5, 5.41) is 7.57. The fourth-order valence-electron chi connectivity index (χ4n) is 2.55. The third kappa shape index (κ3) is 3.36. The number of aryl methyl sites for hydroxylation is 1. The fourth-order valence-corrected chi connectivity index (χ4v) is 2.65. The monoisotopic (exact) mass is 320 g/mol. The Morgan fingerprint density at radius 2 is 2.14 bits per heavy atom. The summed E-state index contributed by atoms with van der Waals surface area (Å²) < 4.78 is 1.61. The zero-order valence-electron chi connectivity index (χ0n) is 12.2. The molecule has 1 aliphatic heterocycles. The van der Waals surface area contributed by atoms with Gasteiger partial charge in [-0.1, -0.05) is 11.6 Å². The molecule has 7 nitrogen and oxygen atoms in total. The number of carbonyl (C=O) groups is 1. The van der Waals surface area contributed by atoms with Gasteiger partial charge in [-0.2, -0.15) is 5.10 Å². The molecule has 1 aliphatic rings. The lowest BCUT2D eigenvalue weighted by Crippen LogP contribution is -2.48. The SMILES string of the molecule is Cn1cc(C(=O)NC2CCCN(c3ncc(Cl)cn3)C2)cn1. The summed E-state index contributed by atoms with van der Waals surface area (Å²) in [6, 6.07) is 0.0701. The molecule has 8 heteroatoms. The molecule has 1 amide bonds. The van der Waals surface area contributed by atoms with Crippen molar-refractivity contribution in [3.63, 3.8) is 0 Å². The van der Waals surface area contributed by atoms with Gasteiger partial charge in [0.25, 0.3) is 5.91 Å². The summed E-state index contributed by atoms with van der Waals surface area (Å²) in [4.78, 5) is 22.7. The van der Waals surface area contributed by atoms with Gasteiger partial charge in [0.1, 0.15) is 0 Å². The first-order valence-corrected chi connectivity index (χ1v) is 7.51. The number of carbonyl (C=O) groups excluding carboxylic acids is 1. The van der Waals surface area contributed by atoms with Crippen LogP contribution >= 0.6 is 11.6 Å². The molecule has 3 rings (SSSR count). The van der Waals surface area contributed by atoms with E-state index < -0.39 is 0 Å². The Labute approximate surface area is 133 Å². The number of hydrogen-bond donors (Lipinski definition) is 1. The number of hydrogen-bond acceptors (Lipinski definition) is 5. The minimum absolute atomic E-state index is 0.0701. The number of piperidine rings is 1. The van der Waals surface area contributed by atoms with E-state index in [1.807, 2.05) is 0 Å². The van der Waals surface area contributed by atoms with Crippen molar-refractivity contribution in [2.24, 2.45) is 7.05 Å². The van der Waals surface area contributed by atoms with Gasteiger partial charge in [-0.3, -0.25) is 9.48 Å². The molecule has 3 heterocycles. The third-order valence-electron chi connectivity index (χ3n) is 3.61. The Kier molecular flexibility index (Phi) is 4.24. The number of aromatic nitrogens is 4. The smallest absolute Gasteiger partial charge is 0.254 e. The average Bonchev–Trinajstić information content (AvgIpc) is 2.95. The Bertz CT molecular complexity index is 656. The summed E-state index contributed by atoms with van der Waals surface area (Å²) in [5.41, 5.74) is 0.572. The highest BCUT2D eigenvalue weighted by molar-refractivity contribution is 6.30. The van der Waals surface area contributed by atoms with E-state index in [2.05, 4.69) is 25.3 Å². The highest BCUT2D eigenvalue weighted by Gasteiger charge is 2.23. The van der Waals surface area contributed by atoms with Crippen LogP contribution in [0.15, 0.2) is 24.8 Å². The summed E-state index contributed by atoms with van der Waals surface area (Å²) >= 11 is 5.81. The van der Waals surface area contributed by atoms with E-state index in [1.165, 1.54) is 0 Å². The molecule has 0 spiro atoms. The Morgan fingerprint density at radius 3 is 2.82 bits per heavy atom. The van der Waals surface area contributed by atoms with Crippen LogP contribution in [0, 0.1) is 0 Å². The second-order valence-corrected chi connectivity index (χ2v) is 5.80. The largest absolute Gasteiger partial charge is 0.347 e. The Balaban J connectivity index is 1.63. The molecular formula is C14H17ClN6O. The highest BCUT2D eigenvalue weighted by Crippen LogP contribution is 2.17. The van der Waals surface area contributed by atoms with E-state index in [9.17, 15) is 4.79 Å². The van der Waals surface area contributed by atoms with E-state index in [-0.39, 0.29) is 11.9 Å². The number of rotatable bonds is 3. The third-order valence-corrected chi connectivity index (χ3v) is 3.81. The first-order valence-electron chi connectivity index (χ1n) is 7.14. The van der Waals surface area contributed by atoms with E-state index in [1.54, 1.807) is 36.5 Å². The van der Waals surface area contributed by atoms with Gasteiger partial charge in [-0.05, 0) is 12.8 Å². The molecule has 1 unspecified atom stereocenters. The molecule has 1 saturated heterocycles. The molecule has 22 heavy (non-hydrogen) atoms. The molecule has 2 aromatic rings. The number of anilines is 1. The van der Waals surface area contributed by atoms with Crippen molar-refractivity contribution in [3.8, 4) is 0 Å². The summed E-state index contributed by atoms with van der Waals surface area (Å²) in [7, 11) is 1.79.